The van der Waals surface area contributed by atoms with Gasteiger partial charge in [0, 0.05) is 0 Å². The normalized spacial score (nSPS) is 16.2. The van der Waals surface area contributed by atoms with Crippen molar-refractivity contribution in [3.05, 3.63) is 0 Å². The monoisotopic (exact) mass is 221 g/mol. The minimum Gasteiger partial charge on any atom is -1.00 e. The molecule has 0 aliphatic heterocycles. The van der Waals surface area contributed by atoms with Crippen LogP contribution in [0.4, 0.5) is 0 Å². The summed E-state index contributed by atoms with van der Waals surface area (Å²) in [5.74, 6) is -2.82. The van der Waals surface area contributed by atoms with E-state index >= 15 is 0 Å². The summed E-state index contributed by atoms with van der Waals surface area (Å²) in [6.45, 7) is 0. The molecular weight excluding hydrogens is 213 g/mol. The average Bonchev–Trinajstić information content (AvgIpc) is 1.84. The van der Waals surface area contributed by atoms with Gasteiger partial charge < -0.3 is 27.7 Å². The summed E-state index contributed by atoms with van der Waals surface area (Å²) in [4.78, 5) is 12.9. The van der Waals surface area contributed by atoms with Crippen LogP contribution in [0.2, 0.25) is 0 Å². The number of carboxylic acid groups (broad SMARTS) is 1. The first-order chi connectivity index (χ1) is 5.30. The fourth-order valence-electron chi connectivity index (χ4n) is 0.337. The largest absolute Gasteiger partial charge is 1.00 e. The molecule has 0 rings (SSSR count). The van der Waals surface area contributed by atoms with Crippen molar-refractivity contribution in [1.82, 2.24) is 0 Å². The minimum atomic E-state index is -3.20. The van der Waals surface area contributed by atoms with Crippen LogP contribution in [0.1, 0.15) is 1.43 Å². The number of nitrogens with two attached hydrogens (primary N) is 2. The summed E-state index contributed by atoms with van der Waals surface area (Å²) in [5, 5.41) is 13.9. The molecule has 0 heterocycles. The second-order valence-electron chi connectivity index (χ2n) is 1.70. The number of hydrogen-bond donors (Lipinski definition) is 5. The van der Waals surface area contributed by atoms with Gasteiger partial charge in [0.1, 0.15) is 0 Å². The van der Waals surface area contributed by atoms with Gasteiger partial charge in [-0.25, -0.2) is 9.00 Å². The zero-order chi connectivity index (χ0) is 9.94. The number of carboxylic acids is 1. The SMILES string of the molecule is NC(N)=NC(O)(C(=O)O)S(=O)O.[H-].[Na+]. The van der Waals surface area contributed by atoms with Gasteiger partial charge >= 0.3 is 40.6 Å². The molecule has 0 aromatic rings. The Kier molecular flexibility index (Phi) is 6.49. The van der Waals surface area contributed by atoms with Crippen LogP contribution in [-0.4, -0.2) is 36.0 Å². The number of rotatable bonds is 3. The average molecular weight is 221 g/mol. The van der Waals surface area contributed by atoms with Gasteiger partial charge in [0.25, 0.3) is 0 Å². The van der Waals surface area contributed by atoms with Crippen molar-refractivity contribution in [2.45, 2.75) is 5.06 Å². The molecule has 0 spiro atoms. The van der Waals surface area contributed by atoms with Crippen molar-refractivity contribution < 1.29 is 54.8 Å². The Labute approximate surface area is 99.1 Å². The molecule has 0 aromatic heterocycles. The standard InChI is InChI=1S/C3H7N3O5S.Na.H/c4-2(5)6-3(9,1(7)8)12(10)11;;/h9H,(H,7,8)(H,10,11)(H4,4,5,6);;/q;+1;-1. The number of aliphatic carboxylic acids is 1. The minimum absolute atomic E-state index is 0. The molecule has 13 heavy (non-hydrogen) atoms. The number of hydrogen-bond acceptors (Lipinski definition) is 4. The fraction of sp³-hybridized carbons (Fsp3) is 0.333. The maximum atomic E-state index is 10.3. The summed E-state index contributed by atoms with van der Waals surface area (Å²) in [7, 11) is 0. The number of aliphatic hydroxyl groups is 1. The van der Waals surface area contributed by atoms with E-state index in [1.165, 1.54) is 0 Å². The molecule has 0 saturated heterocycles. The number of nitrogens with zero attached hydrogens (tertiary/aromatic N) is 1. The molecule has 0 bridgehead atoms. The van der Waals surface area contributed by atoms with E-state index in [2.05, 4.69) is 4.99 Å². The second-order valence-corrected chi connectivity index (χ2v) is 2.77. The van der Waals surface area contributed by atoms with E-state index in [0.717, 1.165) is 0 Å². The van der Waals surface area contributed by atoms with Gasteiger partial charge in [-0.15, -0.1) is 0 Å². The van der Waals surface area contributed by atoms with Gasteiger partial charge in [0.05, 0.1) is 0 Å². The first-order valence-corrected chi connectivity index (χ1v) is 3.59. The zero-order valence-corrected chi connectivity index (χ0v) is 9.48. The molecule has 0 fully saturated rings. The van der Waals surface area contributed by atoms with Gasteiger partial charge in [-0.3, -0.25) is 0 Å². The van der Waals surface area contributed by atoms with Crippen molar-refractivity contribution in [3.8, 4) is 0 Å². The van der Waals surface area contributed by atoms with Crippen LogP contribution < -0.4 is 41.0 Å². The predicted octanol–water partition coefficient (Wildman–Crippen LogP) is -5.67. The van der Waals surface area contributed by atoms with Crippen molar-refractivity contribution in [2.75, 3.05) is 0 Å². The summed E-state index contributed by atoms with van der Waals surface area (Å²) in [5.41, 5.74) is 9.43. The van der Waals surface area contributed by atoms with Crippen LogP contribution in [-0.2, 0) is 15.9 Å². The summed E-state index contributed by atoms with van der Waals surface area (Å²) >= 11 is -3.11. The number of aliphatic imine (C=N–C) groups is 1. The van der Waals surface area contributed by atoms with Gasteiger partial charge in [0.2, 0.25) is 11.1 Å². The van der Waals surface area contributed by atoms with Crippen LogP contribution in [0.3, 0.4) is 0 Å². The van der Waals surface area contributed by atoms with E-state index in [4.69, 9.17) is 26.2 Å². The Balaban J connectivity index is -0.000000605. The molecule has 0 aromatic carbocycles. The smallest absolute Gasteiger partial charge is 1.00 e. The molecule has 0 radical (unpaired) electrons. The van der Waals surface area contributed by atoms with Crippen LogP contribution in [0, 0.1) is 0 Å². The molecule has 0 aliphatic carbocycles. The van der Waals surface area contributed by atoms with Gasteiger partial charge in [-0.1, -0.05) is 0 Å². The third-order valence-electron chi connectivity index (χ3n) is 0.803. The quantitative estimate of drug-likeness (QED) is 0.137. The van der Waals surface area contributed by atoms with Gasteiger partial charge in [0.15, 0.2) is 5.96 Å². The van der Waals surface area contributed by atoms with E-state index < -0.39 is 28.1 Å². The van der Waals surface area contributed by atoms with E-state index in [1.807, 2.05) is 0 Å². The van der Waals surface area contributed by atoms with E-state index in [1.54, 1.807) is 0 Å². The first-order valence-electron chi connectivity index (χ1n) is 2.48. The predicted molar refractivity (Wildman–Crippen MR) is 40.3 cm³/mol. The first kappa shape index (κ1) is 15.3. The Bertz CT molecular complexity index is 243. The van der Waals surface area contributed by atoms with Gasteiger partial charge in [-0.2, -0.15) is 4.99 Å². The van der Waals surface area contributed by atoms with Crippen molar-refractivity contribution >= 4 is 23.0 Å². The molecule has 0 amide bonds. The molecular formula is C3H8N3NaO5S. The Morgan fingerprint density at radius 3 is 2.00 bits per heavy atom. The molecule has 0 aliphatic rings. The summed E-state index contributed by atoms with van der Waals surface area (Å²) < 4.78 is 18.6. The molecule has 2 unspecified atom stereocenters. The Hall–Kier alpha value is -0.190. The van der Waals surface area contributed by atoms with Crippen LogP contribution >= 0.6 is 0 Å². The second kappa shape index (κ2) is 5.52. The molecule has 2 atom stereocenters. The molecule has 8 nitrogen and oxygen atoms in total. The van der Waals surface area contributed by atoms with Crippen LogP contribution in [0.25, 0.3) is 0 Å². The van der Waals surface area contributed by atoms with Crippen molar-refractivity contribution in [2.24, 2.45) is 16.5 Å². The topological polar surface area (TPSA) is 159 Å². The van der Waals surface area contributed by atoms with Crippen LogP contribution in [0.15, 0.2) is 4.99 Å². The Morgan fingerprint density at radius 1 is 1.54 bits per heavy atom. The number of carbonyl (C=O) groups is 1. The third-order valence-corrected chi connectivity index (χ3v) is 1.56. The van der Waals surface area contributed by atoms with Gasteiger partial charge in [-0.05, 0) is 0 Å². The molecule has 7 N–H and O–H groups in total. The maximum Gasteiger partial charge on any atom is 1.00 e. The molecule has 72 valence electrons. The Morgan fingerprint density at radius 2 is 1.92 bits per heavy atom. The maximum absolute atomic E-state index is 10.3. The van der Waals surface area contributed by atoms with E-state index in [-0.39, 0.29) is 31.0 Å². The fourth-order valence-corrected chi connectivity index (χ4v) is 0.669. The molecule has 0 saturated carbocycles. The summed E-state index contributed by atoms with van der Waals surface area (Å²) in [6, 6.07) is 0. The number of guanidine groups is 1. The third kappa shape index (κ3) is 4.02. The zero-order valence-electron chi connectivity index (χ0n) is 7.67. The van der Waals surface area contributed by atoms with E-state index in [9.17, 15) is 9.00 Å². The van der Waals surface area contributed by atoms with Crippen molar-refractivity contribution in [3.63, 3.8) is 0 Å². The van der Waals surface area contributed by atoms with Crippen molar-refractivity contribution in [1.29, 1.82) is 0 Å². The summed E-state index contributed by atoms with van der Waals surface area (Å²) in [6.07, 6.45) is 0. The molecule has 10 heteroatoms. The van der Waals surface area contributed by atoms with E-state index in [0.29, 0.717) is 0 Å². The van der Waals surface area contributed by atoms with Crippen LogP contribution in [0.5, 0.6) is 0 Å².